The first-order chi connectivity index (χ1) is 8.98. The first kappa shape index (κ1) is 13.4. The fourth-order valence-electron chi connectivity index (χ4n) is 5.19. The molecule has 0 radical (unpaired) electrons. The summed E-state index contributed by atoms with van der Waals surface area (Å²) in [5.41, 5.74) is 5.48. The predicted molar refractivity (Wildman–Crippen MR) is 76.4 cm³/mol. The Balaban J connectivity index is 1.67. The number of rotatable bonds is 4. The van der Waals surface area contributed by atoms with Crippen molar-refractivity contribution in [1.82, 2.24) is 5.32 Å². The highest BCUT2D eigenvalue weighted by Crippen LogP contribution is 2.56. The van der Waals surface area contributed by atoms with Crippen molar-refractivity contribution >= 4 is 5.91 Å². The van der Waals surface area contributed by atoms with Gasteiger partial charge < -0.3 is 11.1 Å². The lowest BCUT2D eigenvalue weighted by Crippen LogP contribution is -2.55. The summed E-state index contributed by atoms with van der Waals surface area (Å²) in [7, 11) is 0. The van der Waals surface area contributed by atoms with Gasteiger partial charge in [0.2, 0.25) is 5.91 Å². The van der Waals surface area contributed by atoms with E-state index >= 15 is 0 Å². The lowest BCUT2D eigenvalue weighted by Gasteiger charge is -2.54. The van der Waals surface area contributed by atoms with Gasteiger partial charge in [-0.05, 0) is 82.6 Å². The molecule has 0 saturated heterocycles. The van der Waals surface area contributed by atoms with Crippen LogP contribution in [0.15, 0.2) is 0 Å². The van der Waals surface area contributed by atoms with E-state index in [1.807, 2.05) is 0 Å². The zero-order valence-electron chi connectivity index (χ0n) is 12.3. The predicted octanol–water partition coefficient (Wildman–Crippen LogP) is 2.30. The third-order valence-electron chi connectivity index (χ3n) is 5.76. The van der Waals surface area contributed by atoms with E-state index in [9.17, 15) is 4.79 Å². The fraction of sp³-hybridized carbons (Fsp3) is 0.938. The van der Waals surface area contributed by atoms with Gasteiger partial charge in [0.1, 0.15) is 0 Å². The summed E-state index contributed by atoms with van der Waals surface area (Å²) in [4.78, 5) is 12.7. The summed E-state index contributed by atoms with van der Waals surface area (Å²) in [5.74, 6) is 3.82. The number of carbonyl (C=O) groups excluding carboxylic acids is 1. The maximum absolute atomic E-state index is 12.7. The molecule has 4 fully saturated rings. The van der Waals surface area contributed by atoms with Crippen LogP contribution in [0.3, 0.4) is 0 Å². The Morgan fingerprint density at radius 2 is 1.63 bits per heavy atom. The molecule has 108 valence electrons. The summed E-state index contributed by atoms with van der Waals surface area (Å²) in [5, 5.41) is 3.27. The van der Waals surface area contributed by atoms with Crippen molar-refractivity contribution < 1.29 is 4.79 Å². The minimum atomic E-state index is -0.152. The van der Waals surface area contributed by atoms with Gasteiger partial charge in [0, 0.05) is 11.5 Å². The standard InChI is InChI=1S/C16H28N2O/c1-16(2,3-4-17)18-15(19)14-12-6-10-5-11(8-12)9-13(14)7-10/h10-14H,3-9,17H2,1-2H3,(H,18,19). The highest BCUT2D eigenvalue weighted by Gasteiger charge is 2.51. The molecule has 19 heavy (non-hydrogen) atoms. The van der Waals surface area contributed by atoms with Crippen molar-refractivity contribution in [2.75, 3.05) is 6.54 Å². The Labute approximate surface area is 116 Å². The van der Waals surface area contributed by atoms with Crippen LogP contribution in [0.1, 0.15) is 52.4 Å². The Kier molecular flexibility index (Phi) is 3.36. The normalized spacial score (nSPS) is 40.5. The molecule has 1 amide bonds. The molecule has 4 aliphatic carbocycles. The second kappa shape index (κ2) is 4.76. The lowest BCUT2D eigenvalue weighted by molar-refractivity contribution is -0.139. The second-order valence-corrected chi connectivity index (χ2v) is 7.87. The van der Waals surface area contributed by atoms with Crippen LogP contribution in [-0.2, 0) is 4.79 Å². The van der Waals surface area contributed by atoms with Crippen molar-refractivity contribution in [2.45, 2.75) is 57.9 Å². The first-order valence-corrected chi connectivity index (χ1v) is 8.00. The van der Waals surface area contributed by atoms with Crippen LogP contribution in [0.5, 0.6) is 0 Å². The summed E-state index contributed by atoms with van der Waals surface area (Å²) < 4.78 is 0. The van der Waals surface area contributed by atoms with Crippen LogP contribution in [0, 0.1) is 29.6 Å². The maximum atomic E-state index is 12.7. The van der Waals surface area contributed by atoms with Gasteiger partial charge in [-0.3, -0.25) is 4.79 Å². The minimum absolute atomic E-state index is 0.152. The Morgan fingerprint density at radius 3 is 2.11 bits per heavy atom. The third-order valence-corrected chi connectivity index (χ3v) is 5.76. The lowest BCUT2D eigenvalue weighted by atomic mass is 9.51. The fourth-order valence-corrected chi connectivity index (χ4v) is 5.19. The van der Waals surface area contributed by atoms with E-state index in [4.69, 9.17) is 5.73 Å². The summed E-state index contributed by atoms with van der Waals surface area (Å²) in [6.45, 7) is 4.82. The van der Waals surface area contributed by atoms with Crippen LogP contribution in [0.25, 0.3) is 0 Å². The van der Waals surface area contributed by atoms with Crippen LogP contribution in [-0.4, -0.2) is 18.0 Å². The quantitative estimate of drug-likeness (QED) is 0.818. The second-order valence-electron chi connectivity index (χ2n) is 7.87. The van der Waals surface area contributed by atoms with Crippen molar-refractivity contribution in [3.8, 4) is 0 Å². The molecule has 3 heteroatoms. The molecule has 0 unspecified atom stereocenters. The molecule has 3 N–H and O–H groups in total. The molecule has 3 nitrogen and oxygen atoms in total. The highest BCUT2D eigenvalue weighted by molar-refractivity contribution is 5.80. The largest absolute Gasteiger partial charge is 0.351 e. The molecule has 0 aromatic carbocycles. The van der Waals surface area contributed by atoms with Crippen molar-refractivity contribution in [3.05, 3.63) is 0 Å². The molecule has 4 rings (SSSR count). The van der Waals surface area contributed by atoms with Gasteiger partial charge in [-0.15, -0.1) is 0 Å². The van der Waals surface area contributed by atoms with E-state index in [0.29, 0.717) is 30.2 Å². The van der Waals surface area contributed by atoms with Gasteiger partial charge in [0.25, 0.3) is 0 Å². The number of carbonyl (C=O) groups is 1. The Morgan fingerprint density at radius 1 is 1.11 bits per heavy atom. The average Bonchev–Trinajstić information content (AvgIpc) is 2.25. The zero-order chi connectivity index (χ0) is 13.6. The molecule has 4 aliphatic rings. The van der Waals surface area contributed by atoms with Gasteiger partial charge in [-0.1, -0.05) is 0 Å². The van der Waals surface area contributed by atoms with Crippen LogP contribution >= 0.6 is 0 Å². The molecule has 0 aliphatic heterocycles. The highest BCUT2D eigenvalue weighted by atomic mass is 16.2. The van der Waals surface area contributed by atoms with Gasteiger partial charge in [-0.2, -0.15) is 0 Å². The first-order valence-electron chi connectivity index (χ1n) is 8.00. The molecule has 0 aromatic heterocycles. The van der Waals surface area contributed by atoms with Gasteiger partial charge in [0.05, 0.1) is 0 Å². The zero-order valence-corrected chi connectivity index (χ0v) is 12.3. The van der Waals surface area contributed by atoms with Gasteiger partial charge in [0.15, 0.2) is 0 Å². The smallest absolute Gasteiger partial charge is 0.224 e. The monoisotopic (exact) mass is 264 g/mol. The Hall–Kier alpha value is -0.570. The molecular weight excluding hydrogens is 236 g/mol. The number of nitrogens with two attached hydrogens (primary N) is 1. The number of hydrogen-bond donors (Lipinski definition) is 2. The summed E-state index contributed by atoms with van der Waals surface area (Å²) >= 11 is 0. The molecule has 4 bridgehead atoms. The van der Waals surface area contributed by atoms with E-state index in [1.54, 1.807) is 0 Å². The summed E-state index contributed by atoms with van der Waals surface area (Å²) in [6, 6.07) is 0. The third kappa shape index (κ3) is 2.54. The van der Waals surface area contributed by atoms with Gasteiger partial charge >= 0.3 is 0 Å². The topological polar surface area (TPSA) is 55.1 Å². The van der Waals surface area contributed by atoms with E-state index in [1.165, 1.54) is 32.1 Å². The van der Waals surface area contributed by atoms with Gasteiger partial charge in [-0.25, -0.2) is 0 Å². The molecule has 0 heterocycles. The van der Waals surface area contributed by atoms with Crippen LogP contribution < -0.4 is 11.1 Å². The van der Waals surface area contributed by atoms with Crippen molar-refractivity contribution in [3.63, 3.8) is 0 Å². The van der Waals surface area contributed by atoms with E-state index in [2.05, 4.69) is 19.2 Å². The van der Waals surface area contributed by atoms with Crippen LogP contribution in [0.4, 0.5) is 0 Å². The molecule has 0 atom stereocenters. The Bertz CT molecular complexity index is 336. The molecule has 0 aromatic rings. The van der Waals surface area contributed by atoms with E-state index < -0.39 is 0 Å². The number of amides is 1. The van der Waals surface area contributed by atoms with E-state index in [-0.39, 0.29) is 5.54 Å². The SMILES string of the molecule is CC(C)(CCN)NC(=O)C1C2CC3CC(C2)CC1C3. The van der Waals surface area contributed by atoms with Crippen LogP contribution in [0.2, 0.25) is 0 Å². The number of nitrogens with one attached hydrogen (secondary N) is 1. The molecular formula is C16H28N2O. The average molecular weight is 264 g/mol. The minimum Gasteiger partial charge on any atom is -0.351 e. The molecule has 4 saturated carbocycles. The van der Waals surface area contributed by atoms with Crippen molar-refractivity contribution in [2.24, 2.45) is 35.3 Å². The van der Waals surface area contributed by atoms with Crippen molar-refractivity contribution in [1.29, 1.82) is 0 Å². The maximum Gasteiger partial charge on any atom is 0.224 e. The number of hydrogen-bond acceptors (Lipinski definition) is 2. The molecule has 0 spiro atoms. The van der Waals surface area contributed by atoms with E-state index in [0.717, 1.165) is 18.3 Å². The summed E-state index contributed by atoms with van der Waals surface area (Å²) in [6.07, 6.45) is 7.53.